The topological polar surface area (TPSA) is 114 Å². The van der Waals surface area contributed by atoms with Gasteiger partial charge >= 0.3 is 0 Å². The summed E-state index contributed by atoms with van der Waals surface area (Å²) in [7, 11) is 4.59. The number of ether oxygens (including phenoxy) is 3. The van der Waals surface area contributed by atoms with Gasteiger partial charge in [-0.15, -0.1) is 10.2 Å². The number of nitrogens with one attached hydrogen (secondary N) is 1. The zero-order valence-corrected chi connectivity index (χ0v) is 20.8. The Morgan fingerprint density at radius 1 is 1.03 bits per heavy atom. The molecule has 4 rings (SSSR count). The zero-order valence-electron chi connectivity index (χ0n) is 20.0. The van der Waals surface area contributed by atoms with E-state index in [0.29, 0.717) is 28.5 Å². The number of methoxy groups -OCH3 is 3. The van der Waals surface area contributed by atoms with Crippen LogP contribution in [0.2, 0.25) is 0 Å². The third-order valence-corrected chi connectivity index (χ3v) is 6.02. The number of benzene rings is 2. The lowest BCUT2D eigenvalue weighted by atomic mass is 10.2. The average Bonchev–Trinajstić information content (AvgIpc) is 3.47. The number of nitrogens with zero attached hydrogens (tertiary/aromatic N) is 4. The van der Waals surface area contributed by atoms with Crippen molar-refractivity contribution in [2.45, 2.75) is 19.1 Å². The Morgan fingerprint density at radius 3 is 2.34 bits per heavy atom. The Hall–Kier alpha value is -3.99. The van der Waals surface area contributed by atoms with Crippen LogP contribution in [0.4, 0.5) is 5.69 Å². The minimum absolute atomic E-state index is 0.0896. The van der Waals surface area contributed by atoms with Crippen LogP contribution in [0.5, 0.6) is 17.2 Å². The number of amides is 1. The Kier molecular flexibility index (Phi) is 7.25. The van der Waals surface area contributed by atoms with Crippen LogP contribution in [0.25, 0.3) is 17.1 Å². The zero-order chi connectivity index (χ0) is 24.9. The molecule has 2 aromatic carbocycles. The van der Waals surface area contributed by atoms with E-state index < -0.39 is 0 Å². The molecule has 182 valence electrons. The van der Waals surface area contributed by atoms with Crippen LogP contribution >= 0.6 is 11.8 Å². The third kappa shape index (κ3) is 5.09. The molecule has 0 fully saturated rings. The van der Waals surface area contributed by atoms with Gasteiger partial charge in [0.1, 0.15) is 0 Å². The molecule has 35 heavy (non-hydrogen) atoms. The van der Waals surface area contributed by atoms with Crippen molar-refractivity contribution in [3.05, 3.63) is 53.9 Å². The van der Waals surface area contributed by atoms with Crippen molar-refractivity contribution in [2.75, 3.05) is 32.4 Å². The molecule has 10 nitrogen and oxygen atoms in total. The Balaban J connectivity index is 1.44. The fourth-order valence-corrected chi connectivity index (χ4v) is 4.10. The summed E-state index contributed by atoms with van der Waals surface area (Å²) in [5, 5.41) is 15.9. The molecule has 0 bridgehead atoms. The van der Waals surface area contributed by atoms with Gasteiger partial charge in [-0.1, -0.05) is 30.0 Å². The number of hydrogen-bond acceptors (Lipinski definition) is 9. The van der Waals surface area contributed by atoms with Crippen LogP contribution in [-0.4, -0.2) is 53.0 Å². The van der Waals surface area contributed by atoms with Crippen LogP contribution in [0, 0.1) is 13.8 Å². The predicted molar refractivity (Wildman–Crippen MR) is 132 cm³/mol. The number of thioether (sulfide) groups is 1. The highest BCUT2D eigenvalue weighted by molar-refractivity contribution is 7.99. The highest BCUT2D eigenvalue weighted by Crippen LogP contribution is 2.41. The maximum atomic E-state index is 12.6. The Labute approximate surface area is 206 Å². The van der Waals surface area contributed by atoms with Gasteiger partial charge in [0.05, 0.1) is 49.8 Å². The first kappa shape index (κ1) is 24.1. The molecule has 0 saturated heterocycles. The molecule has 0 aliphatic heterocycles. The molecular formula is C24H25N5O5S. The summed E-state index contributed by atoms with van der Waals surface area (Å²) in [6.45, 7) is 3.77. The third-order valence-electron chi connectivity index (χ3n) is 5.20. The molecule has 1 N–H and O–H groups in total. The van der Waals surface area contributed by atoms with Crippen molar-refractivity contribution in [1.82, 2.24) is 20.0 Å². The highest BCUT2D eigenvalue weighted by Gasteiger charge is 2.19. The van der Waals surface area contributed by atoms with E-state index in [2.05, 4.69) is 20.6 Å². The van der Waals surface area contributed by atoms with E-state index in [1.165, 1.54) is 21.3 Å². The maximum Gasteiger partial charge on any atom is 0.277 e. The normalized spacial score (nSPS) is 10.8. The number of aryl methyl sites for hydroxylation is 1. The average molecular weight is 496 g/mol. The molecular weight excluding hydrogens is 470 g/mol. The van der Waals surface area contributed by atoms with Gasteiger partial charge in [-0.2, -0.15) is 5.10 Å². The lowest BCUT2D eigenvalue weighted by Gasteiger charge is -2.12. The Bertz CT molecular complexity index is 1310. The monoisotopic (exact) mass is 495 g/mol. The number of carbonyl (C=O) groups is 1. The van der Waals surface area contributed by atoms with Crippen LogP contribution in [-0.2, 0) is 4.79 Å². The standard InChI is InChI=1S/C24H25N5O5S/c1-14-21(15(2)29(28-14)17-9-7-6-8-10-17)25-20(30)13-35-24-27-26-23(34-24)16-11-18(31-3)22(33-5)19(12-16)32-4/h6-12H,13H2,1-5H3,(H,25,30). The lowest BCUT2D eigenvalue weighted by Crippen LogP contribution is -2.15. The van der Waals surface area contributed by atoms with E-state index in [-0.39, 0.29) is 22.8 Å². The quantitative estimate of drug-likeness (QED) is 0.340. The largest absolute Gasteiger partial charge is 0.493 e. The van der Waals surface area contributed by atoms with Gasteiger partial charge in [-0.25, -0.2) is 4.68 Å². The fourth-order valence-electron chi connectivity index (χ4n) is 3.54. The smallest absolute Gasteiger partial charge is 0.277 e. The van der Waals surface area contributed by atoms with Crippen LogP contribution in [0.3, 0.4) is 0 Å². The van der Waals surface area contributed by atoms with E-state index in [1.54, 1.807) is 16.8 Å². The van der Waals surface area contributed by atoms with E-state index in [9.17, 15) is 4.79 Å². The van der Waals surface area contributed by atoms with Gasteiger partial charge in [0, 0.05) is 5.56 Å². The summed E-state index contributed by atoms with van der Waals surface area (Å²) in [5.74, 6) is 1.55. The second kappa shape index (κ2) is 10.5. The minimum Gasteiger partial charge on any atom is -0.493 e. The molecule has 0 unspecified atom stereocenters. The number of hydrogen-bond donors (Lipinski definition) is 1. The summed E-state index contributed by atoms with van der Waals surface area (Å²) >= 11 is 1.14. The second-order valence-electron chi connectivity index (χ2n) is 7.42. The van der Waals surface area contributed by atoms with E-state index in [4.69, 9.17) is 18.6 Å². The van der Waals surface area contributed by atoms with Gasteiger partial charge in [0.15, 0.2) is 11.5 Å². The molecule has 0 atom stereocenters. The van der Waals surface area contributed by atoms with E-state index >= 15 is 0 Å². The van der Waals surface area contributed by atoms with Crippen molar-refractivity contribution in [3.63, 3.8) is 0 Å². The summed E-state index contributed by atoms with van der Waals surface area (Å²) < 4.78 is 23.6. The minimum atomic E-state index is -0.207. The van der Waals surface area contributed by atoms with Gasteiger partial charge in [0.2, 0.25) is 17.5 Å². The molecule has 0 radical (unpaired) electrons. The first-order chi connectivity index (χ1) is 16.9. The maximum absolute atomic E-state index is 12.6. The first-order valence-electron chi connectivity index (χ1n) is 10.6. The number of aromatic nitrogens is 4. The van der Waals surface area contributed by atoms with Crippen molar-refractivity contribution in [2.24, 2.45) is 0 Å². The van der Waals surface area contributed by atoms with Crippen molar-refractivity contribution >= 4 is 23.4 Å². The Morgan fingerprint density at radius 2 is 1.71 bits per heavy atom. The van der Waals surface area contributed by atoms with Crippen molar-refractivity contribution in [3.8, 4) is 34.4 Å². The fraction of sp³-hybridized carbons (Fsp3) is 0.250. The summed E-state index contributed by atoms with van der Waals surface area (Å²) in [6.07, 6.45) is 0. The molecule has 2 heterocycles. The van der Waals surface area contributed by atoms with Crippen LogP contribution in [0.15, 0.2) is 52.1 Å². The molecule has 4 aromatic rings. The summed E-state index contributed by atoms with van der Waals surface area (Å²) in [5.41, 5.74) is 3.78. The molecule has 0 aliphatic carbocycles. The molecule has 2 aromatic heterocycles. The molecule has 11 heteroatoms. The molecule has 1 amide bonds. The SMILES string of the molecule is COc1cc(-c2nnc(SCC(=O)Nc3c(C)nn(-c4ccccc4)c3C)o2)cc(OC)c1OC. The second-order valence-corrected chi connectivity index (χ2v) is 8.34. The first-order valence-corrected chi connectivity index (χ1v) is 11.6. The number of para-hydroxylation sites is 1. The molecule has 0 saturated carbocycles. The van der Waals surface area contributed by atoms with Crippen molar-refractivity contribution in [1.29, 1.82) is 0 Å². The summed E-state index contributed by atoms with van der Waals surface area (Å²) in [6, 6.07) is 13.2. The van der Waals surface area contributed by atoms with Gasteiger partial charge in [-0.3, -0.25) is 4.79 Å². The molecule has 0 spiro atoms. The van der Waals surface area contributed by atoms with Crippen molar-refractivity contribution < 1.29 is 23.4 Å². The van der Waals surface area contributed by atoms with Crippen LogP contribution < -0.4 is 19.5 Å². The number of anilines is 1. The number of carbonyl (C=O) groups excluding carboxylic acids is 1. The molecule has 0 aliphatic rings. The van der Waals surface area contributed by atoms with Gasteiger partial charge in [0.25, 0.3) is 5.22 Å². The number of rotatable bonds is 9. The van der Waals surface area contributed by atoms with Crippen LogP contribution in [0.1, 0.15) is 11.4 Å². The van der Waals surface area contributed by atoms with E-state index in [0.717, 1.165) is 28.8 Å². The van der Waals surface area contributed by atoms with Gasteiger partial charge in [-0.05, 0) is 38.1 Å². The summed E-state index contributed by atoms with van der Waals surface area (Å²) in [4.78, 5) is 12.6. The highest BCUT2D eigenvalue weighted by atomic mass is 32.2. The van der Waals surface area contributed by atoms with E-state index in [1.807, 2.05) is 44.2 Å². The lowest BCUT2D eigenvalue weighted by molar-refractivity contribution is -0.113. The van der Waals surface area contributed by atoms with Gasteiger partial charge < -0.3 is 23.9 Å². The predicted octanol–water partition coefficient (Wildman–Crippen LogP) is 4.30.